The first kappa shape index (κ1) is 18.8. The normalized spacial score (nSPS) is 10.0. The van der Waals surface area contributed by atoms with Crippen LogP contribution in [-0.2, 0) is 11.8 Å². The highest BCUT2D eigenvalue weighted by Gasteiger charge is 2.22. The lowest BCUT2D eigenvalue weighted by Crippen LogP contribution is -2.10. The van der Waals surface area contributed by atoms with Gasteiger partial charge in [0.2, 0.25) is 0 Å². The van der Waals surface area contributed by atoms with E-state index in [1.165, 1.54) is 0 Å². The van der Waals surface area contributed by atoms with E-state index < -0.39 is 5.97 Å². The number of hydrogen-bond donors (Lipinski definition) is 0. The van der Waals surface area contributed by atoms with Gasteiger partial charge in [0.15, 0.2) is 0 Å². The number of benzene rings is 2. The van der Waals surface area contributed by atoms with Gasteiger partial charge >= 0.3 is 5.97 Å². The monoisotopic (exact) mass is 371 g/mol. The van der Waals surface area contributed by atoms with Crippen molar-refractivity contribution in [3.05, 3.63) is 71.5 Å². The molecule has 0 fully saturated rings. The van der Waals surface area contributed by atoms with E-state index in [4.69, 9.17) is 14.7 Å². The lowest BCUT2D eigenvalue weighted by Gasteiger charge is -2.09. The van der Waals surface area contributed by atoms with Gasteiger partial charge in [-0.15, -0.1) is 0 Å². The van der Waals surface area contributed by atoms with Crippen molar-refractivity contribution in [1.82, 2.24) is 4.57 Å². The first-order chi connectivity index (χ1) is 13.6. The molecule has 28 heavy (non-hydrogen) atoms. The van der Waals surface area contributed by atoms with Crippen molar-refractivity contribution < 1.29 is 14.3 Å². The zero-order chi connectivity index (χ0) is 20.1. The fourth-order valence-corrected chi connectivity index (χ4v) is 2.90. The van der Waals surface area contributed by atoms with Crippen LogP contribution in [0.4, 0.5) is 0 Å². The van der Waals surface area contributed by atoms with Gasteiger partial charge in [0.25, 0.3) is 0 Å². The van der Waals surface area contributed by atoms with Crippen molar-refractivity contribution in [2.75, 3.05) is 6.61 Å². The van der Waals surface area contributed by atoms with Crippen molar-refractivity contribution in [3.8, 4) is 34.8 Å². The maximum absolute atomic E-state index is 12.4. The van der Waals surface area contributed by atoms with E-state index >= 15 is 0 Å². The van der Waals surface area contributed by atoms with Crippen molar-refractivity contribution in [1.29, 1.82) is 10.5 Å². The van der Waals surface area contributed by atoms with E-state index in [1.807, 2.05) is 0 Å². The van der Waals surface area contributed by atoms with E-state index in [0.717, 1.165) is 0 Å². The zero-order valence-corrected chi connectivity index (χ0v) is 15.5. The van der Waals surface area contributed by atoms with Crippen LogP contribution in [0.2, 0.25) is 0 Å². The Labute approximate surface area is 162 Å². The molecule has 0 spiro atoms. The molecule has 0 aliphatic heterocycles. The van der Waals surface area contributed by atoms with E-state index in [9.17, 15) is 10.1 Å². The van der Waals surface area contributed by atoms with Gasteiger partial charge in [-0.05, 0) is 42.8 Å². The summed E-state index contributed by atoms with van der Waals surface area (Å²) in [4.78, 5) is 12.4. The van der Waals surface area contributed by atoms with E-state index in [-0.39, 0.29) is 6.61 Å². The molecule has 3 aromatic rings. The van der Waals surface area contributed by atoms with Crippen LogP contribution in [0.15, 0.2) is 54.7 Å². The molecule has 1 heterocycles. The van der Waals surface area contributed by atoms with Gasteiger partial charge < -0.3 is 14.0 Å². The number of aromatic nitrogens is 1. The Kier molecular flexibility index (Phi) is 5.43. The van der Waals surface area contributed by atoms with Crippen molar-refractivity contribution in [2.45, 2.75) is 6.92 Å². The van der Waals surface area contributed by atoms with Crippen LogP contribution in [0.5, 0.6) is 11.5 Å². The number of hydrogen-bond acceptors (Lipinski definition) is 5. The van der Waals surface area contributed by atoms with Gasteiger partial charge in [-0.1, -0.05) is 18.2 Å². The predicted octanol–water partition coefficient (Wildman–Crippen LogP) is 4.40. The highest BCUT2D eigenvalue weighted by molar-refractivity contribution is 5.97. The number of carbonyl (C=O) groups is 1. The summed E-state index contributed by atoms with van der Waals surface area (Å²) in [5.74, 6) is 0.651. The molecular weight excluding hydrogens is 354 g/mol. The number of esters is 1. The van der Waals surface area contributed by atoms with E-state index in [1.54, 1.807) is 73.3 Å². The third kappa shape index (κ3) is 3.72. The van der Waals surface area contributed by atoms with E-state index in [2.05, 4.69) is 12.1 Å². The summed E-state index contributed by atoms with van der Waals surface area (Å²) in [6.07, 6.45) is 1.61. The minimum atomic E-state index is -0.477. The lowest BCUT2D eigenvalue weighted by atomic mass is 10.0. The quantitative estimate of drug-likeness (QED) is 0.620. The second-order valence-electron chi connectivity index (χ2n) is 5.98. The summed E-state index contributed by atoms with van der Waals surface area (Å²) in [5.41, 5.74) is 2.46. The largest absolute Gasteiger partial charge is 0.461 e. The molecule has 0 saturated heterocycles. The number of nitriles is 2. The van der Waals surface area contributed by atoms with E-state index in [0.29, 0.717) is 39.4 Å². The van der Waals surface area contributed by atoms with Crippen LogP contribution < -0.4 is 4.74 Å². The van der Waals surface area contributed by atoms with Crippen LogP contribution >= 0.6 is 0 Å². The highest BCUT2D eigenvalue weighted by Crippen LogP contribution is 2.32. The summed E-state index contributed by atoms with van der Waals surface area (Å²) in [5, 5.41) is 18.4. The average Bonchev–Trinajstić information content (AvgIpc) is 3.05. The number of nitrogens with zero attached hydrogens (tertiary/aromatic N) is 3. The molecule has 6 nitrogen and oxygen atoms in total. The molecule has 3 rings (SSSR count). The summed E-state index contributed by atoms with van der Waals surface area (Å²) < 4.78 is 12.5. The predicted molar refractivity (Wildman–Crippen MR) is 103 cm³/mol. The molecule has 0 radical (unpaired) electrons. The fourth-order valence-electron chi connectivity index (χ4n) is 2.90. The second kappa shape index (κ2) is 8.11. The number of rotatable bonds is 5. The minimum Gasteiger partial charge on any atom is -0.461 e. The molecular formula is C22H17N3O3. The van der Waals surface area contributed by atoms with Crippen LogP contribution in [0.3, 0.4) is 0 Å². The molecule has 0 amide bonds. The average molecular weight is 371 g/mol. The third-order valence-corrected chi connectivity index (χ3v) is 4.11. The Hall–Kier alpha value is -4.03. The molecule has 6 heteroatoms. The zero-order valence-electron chi connectivity index (χ0n) is 15.5. The Morgan fingerprint density at radius 1 is 1.07 bits per heavy atom. The minimum absolute atomic E-state index is 0.250. The lowest BCUT2D eigenvalue weighted by molar-refractivity contribution is 0.0516. The standard InChI is InChI=1S/C22H17N3O3/c1-3-27-22(26)21-20(17(13-24)14-25(21)2)16-7-9-18(10-8-16)28-19-6-4-5-15(11-19)12-23/h4-11,14H,3H2,1-2H3. The van der Waals surface area contributed by atoms with Gasteiger partial charge in [0.1, 0.15) is 23.3 Å². The SMILES string of the molecule is CCOC(=O)c1c(-c2ccc(Oc3cccc(C#N)c3)cc2)c(C#N)cn1C. The highest BCUT2D eigenvalue weighted by atomic mass is 16.5. The fraction of sp³-hybridized carbons (Fsp3) is 0.136. The van der Waals surface area contributed by atoms with Gasteiger partial charge in [-0.25, -0.2) is 4.79 Å². The molecule has 1 aromatic heterocycles. The number of aryl methyl sites for hydroxylation is 1. The smallest absolute Gasteiger partial charge is 0.355 e. The summed E-state index contributed by atoms with van der Waals surface area (Å²) >= 11 is 0. The molecule has 2 aromatic carbocycles. The van der Waals surface area contributed by atoms with Crippen LogP contribution in [-0.4, -0.2) is 17.1 Å². The van der Waals surface area contributed by atoms with Crippen molar-refractivity contribution in [3.63, 3.8) is 0 Å². The molecule has 0 aliphatic rings. The van der Waals surface area contributed by atoms with Gasteiger partial charge in [-0.3, -0.25) is 0 Å². The topological polar surface area (TPSA) is 88.0 Å². The second-order valence-corrected chi connectivity index (χ2v) is 5.98. The Morgan fingerprint density at radius 2 is 1.82 bits per heavy atom. The van der Waals surface area contributed by atoms with Crippen LogP contribution in [0.25, 0.3) is 11.1 Å². The van der Waals surface area contributed by atoms with Crippen molar-refractivity contribution in [2.24, 2.45) is 7.05 Å². The van der Waals surface area contributed by atoms with Crippen LogP contribution in [0, 0.1) is 22.7 Å². The summed E-state index contributed by atoms with van der Waals surface area (Å²) in [6.45, 7) is 1.99. The van der Waals surface area contributed by atoms with Crippen LogP contribution in [0.1, 0.15) is 28.5 Å². The molecule has 0 saturated carbocycles. The number of carbonyl (C=O) groups excluding carboxylic acids is 1. The van der Waals surface area contributed by atoms with Gasteiger partial charge in [0.05, 0.1) is 23.8 Å². The molecule has 0 bridgehead atoms. The first-order valence-electron chi connectivity index (χ1n) is 8.62. The Morgan fingerprint density at radius 3 is 2.46 bits per heavy atom. The summed E-state index contributed by atoms with van der Waals surface area (Å²) in [6, 6.07) is 18.1. The van der Waals surface area contributed by atoms with Gasteiger partial charge in [0, 0.05) is 18.8 Å². The Bertz CT molecular complexity index is 1100. The summed E-state index contributed by atoms with van der Waals surface area (Å²) in [7, 11) is 1.70. The molecule has 0 atom stereocenters. The molecule has 0 unspecified atom stereocenters. The first-order valence-corrected chi connectivity index (χ1v) is 8.62. The van der Waals surface area contributed by atoms with Gasteiger partial charge in [-0.2, -0.15) is 10.5 Å². The molecule has 0 N–H and O–H groups in total. The third-order valence-electron chi connectivity index (χ3n) is 4.11. The molecule has 0 aliphatic carbocycles. The molecule has 138 valence electrons. The maximum Gasteiger partial charge on any atom is 0.355 e. The maximum atomic E-state index is 12.4. The number of ether oxygens (including phenoxy) is 2. The van der Waals surface area contributed by atoms with Crippen molar-refractivity contribution >= 4 is 5.97 Å². The Balaban J connectivity index is 1.94.